The third-order valence-electron chi connectivity index (χ3n) is 6.03. The molecule has 3 N–H and O–H groups in total. The van der Waals surface area contributed by atoms with Gasteiger partial charge in [0.25, 0.3) is 5.56 Å². The number of anilines is 1. The minimum Gasteiger partial charge on any atom is -0.394 e. The van der Waals surface area contributed by atoms with Crippen molar-refractivity contribution < 1.29 is 10.2 Å². The Bertz CT molecular complexity index is 1330. The van der Waals surface area contributed by atoms with Crippen LogP contribution in [0.1, 0.15) is 18.0 Å². The monoisotopic (exact) mass is 450 g/mol. The van der Waals surface area contributed by atoms with Crippen LogP contribution < -0.4 is 10.5 Å². The number of nitrogens with one attached hydrogen (secondary N) is 1. The minimum atomic E-state index is -0.514. The van der Waals surface area contributed by atoms with Crippen LogP contribution in [0.2, 0.25) is 5.02 Å². The van der Waals surface area contributed by atoms with Gasteiger partial charge in [0.05, 0.1) is 24.3 Å². The molecule has 2 aromatic carbocycles. The molecule has 0 aliphatic carbocycles. The Hall–Kier alpha value is -3.13. The van der Waals surface area contributed by atoms with Crippen molar-refractivity contribution in [1.82, 2.24) is 14.8 Å². The van der Waals surface area contributed by atoms with Gasteiger partial charge in [0.2, 0.25) is 0 Å². The molecule has 4 aromatic rings. The van der Waals surface area contributed by atoms with E-state index in [0.717, 1.165) is 46.4 Å². The van der Waals surface area contributed by atoms with Crippen LogP contribution in [-0.4, -0.2) is 50.8 Å². The number of halogens is 1. The molecule has 2 unspecified atom stereocenters. The molecular formula is C24H23ClN4O3. The second kappa shape index (κ2) is 8.43. The third-order valence-corrected chi connectivity index (χ3v) is 6.26. The molecule has 164 valence electrons. The van der Waals surface area contributed by atoms with Crippen LogP contribution in [0, 0.1) is 0 Å². The lowest BCUT2D eigenvalue weighted by molar-refractivity contribution is 0.198. The summed E-state index contributed by atoms with van der Waals surface area (Å²) in [7, 11) is 0. The number of fused-ring (bicyclic) bond motifs is 1. The fourth-order valence-electron chi connectivity index (χ4n) is 4.35. The smallest absolute Gasteiger partial charge is 0.251 e. The van der Waals surface area contributed by atoms with Gasteiger partial charge in [-0.25, -0.2) is 0 Å². The lowest BCUT2D eigenvalue weighted by Gasteiger charge is -2.19. The number of aromatic amines is 1. The van der Waals surface area contributed by atoms with Gasteiger partial charge in [-0.15, -0.1) is 0 Å². The summed E-state index contributed by atoms with van der Waals surface area (Å²) in [5, 5.41) is 28.8. The Morgan fingerprint density at radius 1 is 1.16 bits per heavy atom. The SMILES string of the molecule is O=c1cc(-c2ccc3[nH]nc(N4CCC(O)C4)c3c2)ccn1C(CO)c1cccc(Cl)c1. The Morgan fingerprint density at radius 3 is 2.72 bits per heavy atom. The molecule has 5 rings (SSSR count). The number of hydrogen-bond donors (Lipinski definition) is 3. The van der Waals surface area contributed by atoms with Gasteiger partial charge in [0.1, 0.15) is 0 Å². The molecule has 7 nitrogen and oxygen atoms in total. The van der Waals surface area contributed by atoms with E-state index in [0.29, 0.717) is 11.6 Å². The van der Waals surface area contributed by atoms with Crippen LogP contribution in [0.15, 0.2) is 65.6 Å². The van der Waals surface area contributed by atoms with Crippen LogP contribution in [0.5, 0.6) is 0 Å². The highest BCUT2D eigenvalue weighted by atomic mass is 35.5. The van der Waals surface area contributed by atoms with E-state index >= 15 is 0 Å². The summed E-state index contributed by atoms with van der Waals surface area (Å²) in [5.74, 6) is 0.813. The number of nitrogens with zero attached hydrogens (tertiary/aromatic N) is 3. The van der Waals surface area contributed by atoms with Gasteiger partial charge in [0, 0.05) is 35.8 Å². The van der Waals surface area contributed by atoms with Gasteiger partial charge in [-0.1, -0.05) is 29.8 Å². The standard InChI is InChI=1S/C24H23ClN4O3/c25-18-3-1-2-17(10-18)22(14-30)29-9-6-16(12-23(29)32)15-4-5-21-20(11-15)24(27-26-21)28-8-7-19(31)13-28/h1-6,9-12,19,22,30-31H,7-8,13-14H2,(H,26,27). The van der Waals surface area contributed by atoms with Crippen molar-refractivity contribution in [3.05, 3.63) is 81.7 Å². The quantitative estimate of drug-likeness (QED) is 0.434. The first-order chi connectivity index (χ1) is 15.5. The fourth-order valence-corrected chi connectivity index (χ4v) is 4.55. The van der Waals surface area contributed by atoms with Crippen LogP contribution in [0.3, 0.4) is 0 Å². The van der Waals surface area contributed by atoms with Crippen molar-refractivity contribution in [1.29, 1.82) is 0 Å². The van der Waals surface area contributed by atoms with Gasteiger partial charge in [0.15, 0.2) is 5.82 Å². The summed E-state index contributed by atoms with van der Waals surface area (Å²) in [6.45, 7) is 1.10. The average molecular weight is 451 g/mol. The third kappa shape index (κ3) is 3.79. The van der Waals surface area contributed by atoms with Gasteiger partial charge in [-0.2, -0.15) is 5.10 Å². The van der Waals surface area contributed by atoms with Crippen LogP contribution in [-0.2, 0) is 0 Å². The first-order valence-corrected chi connectivity index (χ1v) is 10.9. The molecule has 3 heterocycles. The molecule has 32 heavy (non-hydrogen) atoms. The van der Waals surface area contributed by atoms with Crippen molar-refractivity contribution in [3.8, 4) is 11.1 Å². The summed E-state index contributed by atoms with van der Waals surface area (Å²) in [6, 6.07) is 16.0. The predicted molar refractivity (Wildman–Crippen MR) is 125 cm³/mol. The van der Waals surface area contributed by atoms with Crippen molar-refractivity contribution in [3.63, 3.8) is 0 Å². The molecule has 1 aliphatic heterocycles. The Balaban J connectivity index is 1.50. The molecule has 0 radical (unpaired) electrons. The average Bonchev–Trinajstić information content (AvgIpc) is 3.40. The summed E-state index contributed by atoms with van der Waals surface area (Å²) in [6.07, 6.45) is 2.10. The number of aliphatic hydroxyl groups is 2. The molecule has 0 spiro atoms. The largest absolute Gasteiger partial charge is 0.394 e. The fraction of sp³-hybridized carbons (Fsp3) is 0.250. The van der Waals surface area contributed by atoms with Crippen LogP contribution in [0.4, 0.5) is 5.82 Å². The van der Waals surface area contributed by atoms with E-state index in [9.17, 15) is 15.0 Å². The highest BCUT2D eigenvalue weighted by molar-refractivity contribution is 6.30. The topological polar surface area (TPSA) is 94.4 Å². The molecule has 2 aromatic heterocycles. The number of aliphatic hydroxyl groups excluding tert-OH is 2. The molecule has 1 fully saturated rings. The van der Waals surface area contributed by atoms with Gasteiger partial charge >= 0.3 is 0 Å². The highest BCUT2D eigenvalue weighted by Gasteiger charge is 2.24. The van der Waals surface area contributed by atoms with Crippen LogP contribution >= 0.6 is 11.6 Å². The number of hydrogen-bond acceptors (Lipinski definition) is 5. The lowest BCUT2D eigenvalue weighted by Crippen LogP contribution is -2.26. The summed E-state index contributed by atoms with van der Waals surface area (Å²) in [4.78, 5) is 15.0. The van der Waals surface area contributed by atoms with E-state index in [-0.39, 0.29) is 18.3 Å². The molecular weight excluding hydrogens is 428 g/mol. The second-order valence-corrected chi connectivity index (χ2v) is 8.55. The van der Waals surface area contributed by atoms with Gasteiger partial charge < -0.3 is 19.7 Å². The maximum atomic E-state index is 13.0. The van der Waals surface area contributed by atoms with Gasteiger partial charge in [-0.3, -0.25) is 9.89 Å². The molecule has 2 atom stereocenters. The Labute approximate surface area is 189 Å². The molecule has 1 saturated heterocycles. The molecule has 0 amide bonds. The first-order valence-electron chi connectivity index (χ1n) is 10.5. The number of aromatic nitrogens is 3. The Kier molecular flexibility index (Phi) is 5.46. The summed E-state index contributed by atoms with van der Waals surface area (Å²) < 4.78 is 1.52. The van der Waals surface area contributed by atoms with Crippen molar-refractivity contribution in [2.24, 2.45) is 0 Å². The van der Waals surface area contributed by atoms with E-state index in [1.165, 1.54) is 4.57 Å². The predicted octanol–water partition coefficient (Wildman–Crippen LogP) is 3.20. The molecule has 0 saturated carbocycles. The van der Waals surface area contributed by atoms with E-state index < -0.39 is 6.04 Å². The molecule has 1 aliphatic rings. The molecule has 0 bridgehead atoms. The number of β-amino-alcohol motifs (C(OH)–C–C–N with tert-alkyl or cyclic N) is 1. The highest BCUT2D eigenvalue weighted by Crippen LogP contribution is 2.31. The molecule has 8 heteroatoms. The minimum absolute atomic E-state index is 0.211. The summed E-state index contributed by atoms with van der Waals surface area (Å²) in [5.41, 5.74) is 3.14. The first kappa shape index (κ1) is 20.8. The lowest BCUT2D eigenvalue weighted by atomic mass is 10.0. The van der Waals surface area contributed by atoms with Crippen LogP contribution in [0.25, 0.3) is 22.0 Å². The van der Waals surface area contributed by atoms with E-state index in [1.807, 2.05) is 30.3 Å². The van der Waals surface area contributed by atoms with Crippen molar-refractivity contribution in [2.75, 3.05) is 24.6 Å². The number of benzene rings is 2. The Morgan fingerprint density at radius 2 is 2.00 bits per heavy atom. The maximum absolute atomic E-state index is 13.0. The second-order valence-electron chi connectivity index (χ2n) is 8.11. The van der Waals surface area contributed by atoms with E-state index in [4.69, 9.17) is 11.6 Å². The zero-order chi connectivity index (χ0) is 22.2. The van der Waals surface area contributed by atoms with Crippen molar-refractivity contribution >= 4 is 28.3 Å². The number of rotatable bonds is 5. The zero-order valence-electron chi connectivity index (χ0n) is 17.3. The van der Waals surface area contributed by atoms with E-state index in [2.05, 4.69) is 15.1 Å². The summed E-state index contributed by atoms with van der Waals surface area (Å²) >= 11 is 6.09. The number of H-pyrrole nitrogens is 1. The van der Waals surface area contributed by atoms with Gasteiger partial charge in [-0.05, 0) is 53.4 Å². The van der Waals surface area contributed by atoms with E-state index in [1.54, 1.807) is 30.5 Å². The number of pyridine rings is 1. The maximum Gasteiger partial charge on any atom is 0.251 e. The van der Waals surface area contributed by atoms with Crippen molar-refractivity contribution in [2.45, 2.75) is 18.6 Å². The zero-order valence-corrected chi connectivity index (χ0v) is 18.0. The normalized spacial score (nSPS) is 17.2.